The van der Waals surface area contributed by atoms with Gasteiger partial charge in [-0.2, -0.15) is 0 Å². The maximum atomic E-state index is 11.9. The van der Waals surface area contributed by atoms with Gasteiger partial charge in [0.2, 0.25) is 11.8 Å². The first kappa shape index (κ1) is 22.4. The molecule has 2 heterocycles. The van der Waals surface area contributed by atoms with E-state index < -0.39 is 0 Å². The summed E-state index contributed by atoms with van der Waals surface area (Å²) in [5.74, 6) is 1.83. The lowest BCUT2D eigenvalue weighted by molar-refractivity contribution is -0.121. The molecule has 1 aromatic rings. The molecule has 6 nitrogen and oxygen atoms in total. The molecule has 2 aliphatic rings. The standard InChI is InChI=1S/C20H26N2O4S3/c23-18(4-2-1-3-16-9-12-27-29-16)21-10-11-26-15-7-5-14(6-8-15)13-17-19(24)22-20(25)28-17/h5-8,16-17H,1-4,9-13H2,(H,21,23)(H,22,24,25)/t16-,17-/m1/s1. The van der Waals surface area contributed by atoms with E-state index >= 15 is 0 Å². The van der Waals surface area contributed by atoms with Gasteiger partial charge in [-0.25, -0.2) is 0 Å². The van der Waals surface area contributed by atoms with Crippen molar-refractivity contribution >= 4 is 50.4 Å². The van der Waals surface area contributed by atoms with E-state index in [-0.39, 0.29) is 22.3 Å². The third-order valence-corrected chi connectivity index (χ3v) is 8.70. The molecular weight excluding hydrogens is 428 g/mol. The molecule has 2 N–H and O–H groups in total. The number of thioether (sulfide) groups is 1. The molecule has 0 radical (unpaired) electrons. The molecule has 0 spiro atoms. The first-order valence-corrected chi connectivity index (χ1v) is 13.1. The Morgan fingerprint density at radius 3 is 2.72 bits per heavy atom. The van der Waals surface area contributed by atoms with Crippen molar-refractivity contribution in [3.8, 4) is 5.75 Å². The van der Waals surface area contributed by atoms with E-state index in [1.165, 1.54) is 18.6 Å². The van der Waals surface area contributed by atoms with E-state index in [1.807, 2.05) is 45.9 Å². The van der Waals surface area contributed by atoms with Crippen LogP contribution in [-0.2, 0) is 16.0 Å². The van der Waals surface area contributed by atoms with Gasteiger partial charge in [0.05, 0.1) is 11.8 Å². The largest absolute Gasteiger partial charge is 0.492 e. The molecule has 2 saturated heterocycles. The van der Waals surface area contributed by atoms with Crippen LogP contribution in [0.5, 0.6) is 5.75 Å². The number of benzene rings is 1. The number of amides is 3. The molecule has 0 aliphatic carbocycles. The number of unbranched alkanes of at least 4 members (excludes halogenated alkanes) is 1. The van der Waals surface area contributed by atoms with E-state index in [9.17, 15) is 14.4 Å². The van der Waals surface area contributed by atoms with Crippen LogP contribution in [-0.4, -0.2) is 46.5 Å². The molecule has 0 bridgehead atoms. The van der Waals surface area contributed by atoms with Crippen LogP contribution >= 0.6 is 33.3 Å². The summed E-state index contributed by atoms with van der Waals surface area (Å²) >= 11 is 1.03. The monoisotopic (exact) mass is 454 g/mol. The molecule has 2 atom stereocenters. The Kier molecular flexibility index (Phi) is 9.07. The van der Waals surface area contributed by atoms with Crippen molar-refractivity contribution < 1.29 is 19.1 Å². The van der Waals surface area contributed by atoms with Gasteiger partial charge in [0.15, 0.2) is 0 Å². The van der Waals surface area contributed by atoms with Crippen LogP contribution in [0.1, 0.15) is 37.7 Å². The van der Waals surface area contributed by atoms with Gasteiger partial charge in [0.1, 0.15) is 12.4 Å². The van der Waals surface area contributed by atoms with Crippen molar-refractivity contribution in [2.24, 2.45) is 0 Å². The summed E-state index contributed by atoms with van der Waals surface area (Å²) in [6.07, 6.45) is 5.66. The van der Waals surface area contributed by atoms with Gasteiger partial charge < -0.3 is 10.1 Å². The van der Waals surface area contributed by atoms with Crippen LogP contribution in [0, 0.1) is 0 Å². The van der Waals surface area contributed by atoms with Gasteiger partial charge in [-0.05, 0) is 43.4 Å². The summed E-state index contributed by atoms with van der Waals surface area (Å²) in [6, 6.07) is 7.48. The second-order valence-corrected chi connectivity index (χ2v) is 11.0. The predicted octanol–water partition coefficient (Wildman–Crippen LogP) is 3.79. The third-order valence-electron chi connectivity index (χ3n) is 4.71. The van der Waals surface area contributed by atoms with Gasteiger partial charge in [0.25, 0.3) is 5.24 Å². The highest BCUT2D eigenvalue weighted by Crippen LogP contribution is 2.39. The second-order valence-electron chi connectivity index (χ2n) is 7.00. The van der Waals surface area contributed by atoms with Crippen molar-refractivity contribution in [3.63, 3.8) is 0 Å². The lowest BCUT2D eigenvalue weighted by atomic mass is 10.1. The Morgan fingerprint density at radius 2 is 2.03 bits per heavy atom. The van der Waals surface area contributed by atoms with Gasteiger partial charge in [0, 0.05) is 17.4 Å². The SMILES string of the molecule is O=C(CCCC[C@@H]1CCSS1)NCCOc1ccc(C[C@H]2SC(=O)NC2=O)cc1. The van der Waals surface area contributed by atoms with Gasteiger partial charge in [-0.3, -0.25) is 19.7 Å². The Balaban J connectivity index is 1.25. The first-order valence-electron chi connectivity index (χ1n) is 9.88. The van der Waals surface area contributed by atoms with Crippen LogP contribution in [0.25, 0.3) is 0 Å². The molecule has 2 fully saturated rings. The van der Waals surface area contributed by atoms with Crippen molar-refractivity contribution in [3.05, 3.63) is 29.8 Å². The van der Waals surface area contributed by atoms with Crippen molar-refractivity contribution in [2.45, 2.75) is 49.0 Å². The summed E-state index contributed by atoms with van der Waals surface area (Å²) in [7, 11) is 3.95. The zero-order valence-corrected chi connectivity index (χ0v) is 18.6. The first-order chi connectivity index (χ1) is 14.1. The smallest absolute Gasteiger partial charge is 0.286 e. The number of nitrogens with one attached hydrogen (secondary N) is 2. The molecule has 3 rings (SSSR count). The molecule has 158 valence electrons. The van der Waals surface area contributed by atoms with E-state index in [4.69, 9.17) is 4.74 Å². The molecule has 2 aliphatic heterocycles. The normalized spacial score (nSPS) is 21.2. The molecule has 0 aromatic heterocycles. The number of rotatable bonds is 11. The fourth-order valence-electron chi connectivity index (χ4n) is 3.13. The lowest BCUT2D eigenvalue weighted by Gasteiger charge is -2.10. The zero-order valence-electron chi connectivity index (χ0n) is 16.2. The Hall–Kier alpha value is -1.32. The van der Waals surface area contributed by atoms with Crippen molar-refractivity contribution in [1.29, 1.82) is 0 Å². The minimum atomic E-state index is -0.361. The van der Waals surface area contributed by atoms with Gasteiger partial charge in [-0.15, -0.1) is 0 Å². The van der Waals surface area contributed by atoms with Crippen LogP contribution in [0.2, 0.25) is 0 Å². The summed E-state index contributed by atoms with van der Waals surface area (Å²) < 4.78 is 5.65. The third kappa shape index (κ3) is 7.79. The average Bonchev–Trinajstić information content (AvgIpc) is 3.33. The summed E-state index contributed by atoms with van der Waals surface area (Å²) in [5, 5.41) is 5.33. The fraction of sp³-hybridized carbons (Fsp3) is 0.550. The van der Waals surface area contributed by atoms with Crippen LogP contribution in [0.15, 0.2) is 24.3 Å². The number of ether oxygens (including phenoxy) is 1. The summed E-state index contributed by atoms with van der Waals surface area (Å²) in [6.45, 7) is 0.896. The van der Waals surface area contributed by atoms with Crippen LogP contribution in [0.4, 0.5) is 4.79 Å². The minimum absolute atomic E-state index is 0.0827. The number of carbonyl (C=O) groups is 3. The Labute approximate surface area is 183 Å². The fourth-order valence-corrected chi connectivity index (χ4v) is 7.02. The quantitative estimate of drug-likeness (QED) is 0.389. The minimum Gasteiger partial charge on any atom is -0.492 e. The van der Waals surface area contributed by atoms with E-state index in [0.717, 1.165) is 41.2 Å². The maximum absolute atomic E-state index is 11.9. The molecule has 29 heavy (non-hydrogen) atoms. The topological polar surface area (TPSA) is 84.5 Å². The lowest BCUT2D eigenvalue weighted by Crippen LogP contribution is -2.27. The van der Waals surface area contributed by atoms with E-state index in [1.54, 1.807) is 0 Å². The molecular formula is C20H26N2O4S3. The number of imide groups is 1. The highest BCUT2D eigenvalue weighted by atomic mass is 33.1. The number of hydrogen-bond donors (Lipinski definition) is 2. The Morgan fingerprint density at radius 1 is 1.21 bits per heavy atom. The van der Waals surface area contributed by atoms with E-state index in [2.05, 4.69) is 10.6 Å². The molecule has 3 amide bonds. The van der Waals surface area contributed by atoms with Crippen molar-refractivity contribution in [1.82, 2.24) is 10.6 Å². The maximum Gasteiger partial charge on any atom is 0.286 e. The molecule has 0 saturated carbocycles. The molecule has 1 aromatic carbocycles. The van der Waals surface area contributed by atoms with Gasteiger partial charge in [-0.1, -0.05) is 51.9 Å². The average molecular weight is 455 g/mol. The number of hydrogen-bond acceptors (Lipinski definition) is 7. The zero-order chi connectivity index (χ0) is 20.5. The predicted molar refractivity (Wildman–Crippen MR) is 120 cm³/mol. The highest BCUT2D eigenvalue weighted by molar-refractivity contribution is 8.77. The summed E-state index contributed by atoms with van der Waals surface area (Å²) in [4.78, 5) is 34.7. The van der Waals surface area contributed by atoms with E-state index in [0.29, 0.717) is 26.0 Å². The molecule has 9 heteroatoms. The molecule has 0 unspecified atom stereocenters. The highest BCUT2D eigenvalue weighted by Gasteiger charge is 2.31. The summed E-state index contributed by atoms with van der Waals surface area (Å²) in [5.41, 5.74) is 0.975. The van der Waals surface area contributed by atoms with Crippen LogP contribution < -0.4 is 15.4 Å². The van der Waals surface area contributed by atoms with Crippen molar-refractivity contribution in [2.75, 3.05) is 18.9 Å². The Bertz CT molecular complexity index is 708. The second kappa shape index (κ2) is 11.8. The number of carbonyl (C=O) groups excluding carboxylic acids is 3. The van der Waals surface area contributed by atoms with Crippen LogP contribution in [0.3, 0.4) is 0 Å². The van der Waals surface area contributed by atoms with Gasteiger partial charge >= 0.3 is 0 Å².